The molecule has 8 heteroatoms. The molecule has 0 aromatic heterocycles. The van der Waals surface area contributed by atoms with Crippen molar-refractivity contribution in [1.29, 1.82) is 0 Å². The van der Waals surface area contributed by atoms with Gasteiger partial charge in [0.2, 0.25) is 0 Å². The lowest BCUT2D eigenvalue weighted by Crippen LogP contribution is -2.47. The Morgan fingerprint density at radius 3 is 2.29 bits per heavy atom. The Kier molecular flexibility index (Phi) is 4.25. The van der Waals surface area contributed by atoms with E-state index in [0.29, 0.717) is 0 Å². The fourth-order valence-electron chi connectivity index (χ4n) is 2.65. The van der Waals surface area contributed by atoms with Gasteiger partial charge in [-0.2, -0.15) is 13.2 Å². The second kappa shape index (κ2) is 6.21. The molecule has 1 aliphatic rings. The molecule has 5 nitrogen and oxygen atoms in total. The van der Waals surface area contributed by atoms with Crippen molar-refractivity contribution in [3.8, 4) is 17.2 Å². The number of nitrogens with one attached hydrogen (secondary N) is 2. The van der Waals surface area contributed by atoms with Gasteiger partial charge in [-0.1, -0.05) is 18.2 Å². The average molecular weight is 340 g/mol. The number of aromatic hydroxyl groups is 2. The number of hydrogen-bond donors (Lipinski definition) is 4. The molecule has 0 spiro atoms. The van der Waals surface area contributed by atoms with Crippen LogP contribution in [0.15, 0.2) is 48.5 Å². The number of alkyl halides is 3. The third-order valence-corrected chi connectivity index (χ3v) is 3.77. The zero-order valence-electron chi connectivity index (χ0n) is 12.3. The first-order valence-electron chi connectivity index (χ1n) is 7.17. The maximum atomic E-state index is 13.3. The van der Waals surface area contributed by atoms with Gasteiger partial charge in [0.15, 0.2) is 6.04 Å². The second-order valence-corrected chi connectivity index (χ2v) is 5.42. The molecule has 3 atom stereocenters. The van der Waals surface area contributed by atoms with Gasteiger partial charge in [-0.25, -0.2) is 10.9 Å². The largest absolute Gasteiger partial charge is 0.508 e. The standard InChI is InChI=1S/C16H15F3N2O3/c17-16(18,19)15-14(24-10-4-2-1-3-5-10)13(20-21-15)11-7-6-9(22)8-12(11)23/h1-8,13-15,20-23H. The van der Waals surface area contributed by atoms with Crippen LogP contribution in [0.2, 0.25) is 0 Å². The minimum atomic E-state index is -4.55. The first-order valence-corrected chi connectivity index (χ1v) is 7.17. The first-order chi connectivity index (χ1) is 11.4. The molecule has 128 valence electrons. The number of benzene rings is 2. The summed E-state index contributed by atoms with van der Waals surface area (Å²) in [4.78, 5) is 0. The number of para-hydroxylation sites is 1. The van der Waals surface area contributed by atoms with Gasteiger partial charge in [-0.05, 0) is 24.3 Å². The van der Waals surface area contributed by atoms with Gasteiger partial charge in [0.05, 0.1) is 6.04 Å². The van der Waals surface area contributed by atoms with Crippen LogP contribution >= 0.6 is 0 Å². The molecule has 3 rings (SSSR count). The Morgan fingerprint density at radius 2 is 1.67 bits per heavy atom. The average Bonchev–Trinajstić information content (AvgIpc) is 2.92. The molecular formula is C16H15F3N2O3. The SMILES string of the molecule is Oc1ccc(C2NNC(C(F)(F)F)C2Oc2ccccc2)c(O)c1. The Hall–Kier alpha value is -2.45. The lowest BCUT2D eigenvalue weighted by atomic mass is 9.97. The van der Waals surface area contributed by atoms with Gasteiger partial charge in [-0.15, -0.1) is 0 Å². The van der Waals surface area contributed by atoms with Crippen LogP contribution in [0.4, 0.5) is 13.2 Å². The van der Waals surface area contributed by atoms with E-state index >= 15 is 0 Å². The van der Waals surface area contributed by atoms with E-state index in [1.165, 1.54) is 12.1 Å². The van der Waals surface area contributed by atoms with Crippen LogP contribution in [0, 0.1) is 0 Å². The third-order valence-electron chi connectivity index (χ3n) is 3.77. The minimum Gasteiger partial charge on any atom is -0.508 e. The van der Waals surface area contributed by atoms with Crippen molar-refractivity contribution in [3.63, 3.8) is 0 Å². The summed E-state index contributed by atoms with van der Waals surface area (Å²) in [6.07, 6.45) is -5.89. The summed E-state index contributed by atoms with van der Waals surface area (Å²) >= 11 is 0. The summed E-state index contributed by atoms with van der Waals surface area (Å²) in [5.41, 5.74) is 4.90. The maximum absolute atomic E-state index is 13.3. The van der Waals surface area contributed by atoms with Crippen LogP contribution < -0.4 is 15.6 Å². The number of halogens is 3. The molecular weight excluding hydrogens is 325 g/mol. The van der Waals surface area contributed by atoms with E-state index in [1.54, 1.807) is 30.3 Å². The third kappa shape index (κ3) is 3.24. The Morgan fingerprint density at radius 1 is 0.958 bits per heavy atom. The maximum Gasteiger partial charge on any atom is 0.408 e. The van der Waals surface area contributed by atoms with Crippen LogP contribution in [0.25, 0.3) is 0 Å². The van der Waals surface area contributed by atoms with Gasteiger partial charge in [0, 0.05) is 11.6 Å². The molecule has 1 aliphatic heterocycles. The number of hydrogen-bond acceptors (Lipinski definition) is 5. The van der Waals surface area contributed by atoms with Crippen LogP contribution in [0.5, 0.6) is 17.2 Å². The van der Waals surface area contributed by atoms with E-state index in [1.807, 2.05) is 0 Å². The predicted octanol–water partition coefficient (Wildman–Crippen LogP) is 2.63. The molecule has 2 aromatic carbocycles. The van der Waals surface area contributed by atoms with Crippen molar-refractivity contribution in [1.82, 2.24) is 10.9 Å². The van der Waals surface area contributed by atoms with Gasteiger partial charge in [0.25, 0.3) is 0 Å². The molecule has 3 unspecified atom stereocenters. The second-order valence-electron chi connectivity index (χ2n) is 5.42. The smallest absolute Gasteiger partial charge is 0.408 e. The van der Waals surface area contributed by atoms with E-state index in [4.69, 9.17) is 4.74 Å². The zero-order valence-corrected chi connectivity index (χ0v) is 12.3. The van der Waals surface area contributed by atoms with E-state index in [9.17, 15) is 23.4 Å². The van der Waals surface area contributed by atoms with Gasteiger partial charge >= 0.3 is 6.18 Å². The molecule has 24 heavy (non-hydrogen) atoms. The normalized spacial score (nSPS) is 24.0. The van der Waals surface area contributed by atoms with Crippen LogP contribution in [-0.2, 0) is 0 Å². The fourth-order valence-corrected chi connectivity index (χ4v) is 2.65. The molecule has 1 fully saturated rings. The number of rotatable bonds is 3. The highest BCUT2D eigenvalue weighted by Crippen LogP contribution is 2.38. The van der Waals surface area contributed by atoms with Crippen LogP contribution in [0.3, 0.4) is 0 Å². The van der Waals surface area contributed by atoms with E-state index < -0.39 is 24.4 Å². The summed E-state index contributed by atoms with van der Waals surface area (Å²) in [6.45, 7) is 0. The molecule has 0 radical (unpaired) electrons. The lowest BCUT2D eigenvalue weighted by molar-refractivity contribution is -0.167. The van der Waals surface area contributed by atoms with Crippen LogP contribution in [0.1, 0.15) is 11.6 Å². The van der Waals surface area contributed by atoms with Crippen molar-refractivity contribution in [2.45, 2.75) is 24.4 Å². The Bertz CT molecular complexity index is 709. The summed E-state index contributed by atoms with van der Waals surface area (Å²) in [7, 11) is 0. The summed E-state index contributed by atoms with van der Waals surface area (Å²) in [5.74, 6) is -0.223. The predicted molar refractivity (Wildman–Crippen MR) is 79.5 cm³/mol. The highest BCUT2D eigenvalue weighted by molar-refractivity contribution is 5.42. The van der Waals surface area contributed by atoms with Crippen LogP contribution in [-0.4, -0.2) is 28.5 Å². The first kappa shape index (κ1) is 16.4. The van der Waals surface area contributed by atoms with E-state index in [2.05, 4.69) is 10.9 Å². The molecule has 0 amide bonds. The molecule has 0 aliphatic carbocycles. The van der Waals surface area contributed by atoms with Gasteiger partial charge in [-0.3, -0.25) is 0 Å². The molecule has 1 heterocycles. The Labute approximate surface area is 135 Å². The number of phenolic OH excluding ortho intramolecular Hbond substituents is 2. The number of ether oxygens (including phenoxy) is 1. The minimum absolute atomic E-state index is 0.185. The monoisotopic (exact) mass is 340 g/mol. The molecule has 4 N–H and O–H groups in total. The van der Waals surface area contributed by atoms with Gasteiger partial charge in [0.1, 0.15) is 23.4 Å². The molecule has 0 bridgehead atoms. The number of phenols is 2. The van der Waals surface area contributed by atoms with Crippen molar-refractivity contribution < 1.29 is 28.1 Å². The highest BCUT2D eigenvalue weighted by atomic mass is 19.4. The summed E-state index contributed by atoms with van der Waals surface area (Å²) in [5, 5.41) is 19.3. The van der Waals surface area contributed by atoms with E-state index in [-0.39, 0.29) is 22.8 Å². The van der Waals surface area contributed by atoms with Gasteiger partial charge < -0.3 is 14.9 Å². The van der Waals surface area contributed by atoms with Crippen molar-refractivity contribution in [3.05, 3.63) is 54.1 Å². The van der Waals surface area contributed by atoms with E-state index in [0.717, 1.165) is 6.07 Å². The quantitative estimate of drug-likeness (QED) is 0.691. The Balaban J connectivity index is 1.95. The number of hydrazine groups is 1. The summed E-state index contributed by atoms with van der Waals surface area (Å²) in [6, 6.07) is 8.93. The lowest BCUT2D eigenvalue weighted by Gasteiger charge is -2.26. The zero-order chi connectivity index (χ0) is 17.3. The van der Waals surface area contributed by atoms with Crippen molar-refractivity contribution in [2.75, 3.05) is 0 Å². The molecule has 1 saturated heterocycles. The van der Waals surface area contributed by atoms with Crippen molar-refractivity contribution >= 4 is 0 Å². The fraction of sp³-hybridized carbons (Fsp3) is 0.250. The summed E-state index contributed by atoms with van der Waals surface area (Å²) < 4.78 is 45.4. The van der Waals surface area contributed by atoms with Crippen molar-refractivity contribution in [2.24, 2.45) is 0 Å². The topological polar surface area (TPSA) is 73.8 Å². The molecule has 2 aromatic rings. The highest BCUT2D eigenvalue weighted by Gasteiger charge is 2.53. The molecule has 0 saturated carbocycles.